The molecule has 0 radical (unpaired) electrons. The van der Waals surface area contributed by atoms with Crippen molar-refractivity contribution < 1.29 is 0 Å². The molecule has 3 heterocycles. The van der Waals surface area contributed by atoms with Crippen LogP contribution in [-0.2, 0) is 0 Å². The van der Waals surface area contributed by atoms with E-state index < -0.39 is 0 Å². The van der Waals surface area contributed by atoms with E-state index in [1.165, 1.54) is 22.3 Å². The van der Waals surface area contributed by atoms with Gasteiger partial charge in [-0.3, -0.25) is 0 Å². The Morgan fingerprint density at radius 3 is 2.21 bits per heavy atom. The van der Waals surface area contributed by atoms with Crippen LogP contribution in [0.5, 0.6) is 0 Å². The van der Waals surface area contributed by atoms with Gasteiger partial charge in [0, 0.05) is 18.0 Å². The summed E-state index contributed by atoms with van der Waals surface area (Å²) in [6.07, 6.45) is 7.49. The summed E-state index contributed by atoms with van der Waals surface area (Å²) < 4.78 is 1.88. The lowest BCUT2D eigenvalue weighted by Crippen LogP contribution is -2.09. The second kappa shape index (κ2) is 6.46. The molecule has 5 heteroatoms. The van der Waals surface area contributed by atoms with Crippen LogP contribution in [-0.4, -0.2) is 24.5 Å². The fraction of sp³-hybridized carbons (Fsp3) is 0.0870. The summed E-state index contributed by atoms with van der Waals surface area (Å²) >= 11 is 0. The molecular weight excluding hydrogens is 346 g/mol. The summed E-state index contributed by atoms with van der Waals surface area (Å²) in [7, 11) is 0. The third kappa shape index (κ3) is 2.87. The van der Waals surface area contributed by atoms with Crippen molar-refractivity contribution in [3.8, 4) is 33.9 Å². The van der Waals surface area contributed by atoms with Crippen molar-refractivity contribution in [2.24, 2.45) is 0 Å². The predicted octanol–water partition coefficient (Wildman–Crippen LogP) is 4.84. The molecule has 2 aliphatic rings. The molecule has 0 N–H and O–H groups in total. The number of hydrogen-bond donors (Lipinski definition) is 0. The highest BCUT2D eigenvalue weighted by Gasteiger charge is 2.13. The fourth-order valence-electron chi connectivity index (χ4n) is 3.29. The largest absolute Gasteiger partial charge is 0.246 e. The van der Waals surface area contributed by atoms with Crippen LogP contribution in [0.25, 0.3) is 33.9 Å². The SMILES string of the molecule is Cc1ccc(-c2ccc(-c3nc4ccn(-n5cccn5)cc-4n3)cc2)cc1C. The van der Waals surface area contributed by atoms with E-state index in [2.05, 4.69) is 66.4 Å². The number of aromatic nitrogens is 5. The minimum atomic E-state index is 0.736. The molecule has 0 saturated heterocycles. The van der Waals surface area contributed by atoms with E-state index in [-0.39, 0.29) is 0 Å². The Morgan fingerprint density at radius 1 is 0.714 bits per heavy atom. The molecule has 0 spiro atoms. The first-order valence-electron chi connectivity index (χ1n) is 9.21. The molecule has 28 heavy (non-hydrogen) atoms. The van der Waals surface area contributed by atoms with Gasteiger partial charge in [0.05, 0.1) is 18.1 Å². The predicted molar refractivity (Wildman–Crippen MR) is 110 cm³/mol. The highest BCUT2D eigenvalue weighted by Crippen LogP contribution is 2.28. The van der Waals surface area contributed by atoms with Crippen LogP contribution < -0.4 is 0 Å². The first kappa shape index (κ1) is 16.4. The van der Waals surface area contributed by atoms with Crippen molar-refractivity contribution in [3.05, 3.63) is 90.5 Å². The smallest absolute Gasteiger partial charge is 0.160 e. The van der Waals surface area contributed by atoms with Gasteiger partial charge < -0.3 is 0 Å². The van der Waals surface area contributed by atoms with Gasteiger partial charge in [-0.25, -0.2) is 14.6 Å². The third-order valence-corrected chi connectivity index (χ3v) is 5.07. The first-order valence-corrected chi connectivity index (χ1v) is 9.21. The Hall–Kier alpha value is -3.73. The molecule has 136 valence electrons. The molecule has 3 aromatic rings. The lowest BCUT2D eigenvalue weighted by atomic mass is 9.99. The minimum Gasteiger partial charge on any atom is -0.246 e. The van der Waals surface area contributed by atoms with Crippen LogP contribution in [0.4, 0.5) is 0 Å². The van der Waals surface area contributed by atoms with Crippen molar-refractivity contribution >= 4 is 0 Å². The van der Waals surface area contributed by atoms with Crippen molar-refractivity contribution in [2.45, 2.75) is 13.8 Å². The number of fused-ring (bicyclic) bond motifs is 1. The average molecular weight is 365 g/mol. The van der Waals surface area contributed by atoms with Crippen LogP contribution in [0.2, 0.25) is 0 Å². The number of nitrogens with zero attached hydrogens (tertiary/aromatic N) is 5. The molecule has 2 aliphatic heterocycles. The zero-order valence-electron chi connectivity index (χ0n) is 15.7. The molecule has 0 amide bonds. The number of pyridine rings is 1. The van der Waals surface area contributed by atoms with E-state index >= 15 is 0 Å². The maximum Gasteiger partial charge on any atom is 0.160 e. The summed E-state index contributed by atoms with van der Waals surface area (Å²) in [4.78, 5) is 11.1. The average Bonchev–Trinajstić information content (AvgIpc) is 3.39. The number of imidazole rings is 1. The molecular formula is C23H19N5. The molecule has 1 aromatic heterocycles. The van der Waals surface area contributed by atoms with Gasteiger partial charge >= 0.3 is 0 Å². The zero-order chi connectivity index (χ0) is 19.1. The normalized spacial score (nSPS) is 11.2. The highest BCUT2D eigenvalue weighted by molar-refractivity contribution is 5.71. The summed E-state index contributed by atoms with van der Waals surface area (Å²) in [6.45, 7) is 4.28. The fourth-order valence-corrected chi connectivity index (χ4v) is 3.29. The second-order valence-electron chi connectivity index (χ2n) is 6.95. The molecule has 5 rings (SSSR count). The Labute approximate surface area is 163 Å². The summed E-state index contributed by atoms with van der Waals surface area (Å²) in [5.41, 5.74) is 7.75. The molecule has 5 nitrogen and oxygen atoms in total. The molecule has 0 aliphatic carbocycles. The van der Waals surface area contributed by atoms with Crippen LogP contribution in [0, 0.1) is 13.8 Å². The topological polar surface area (TPSA) is 48.5 Å². The molecule has 0 unspecified atom stereocenters. The number of benzene rings is 2. The molecule has 0 atom stereocenters. The number of aryl methyl sites for hydroxylation is 2. The molecule has 0 fully saturated rings. The summed E-state index contributed by atoms with van der Waals surface area (Å²) in [6, 6.07) is 18.8. The van der Waals surface area contributed by atoms with Gasteiger partial charge in [-0.05, 0) is 48.2 Å². The van der Waals surface area contributed by atoms with Crippen LogP contribution in [0.1, 0.15) is 11.1 Å². The van der Waals surface area contributed by atoms with Crippen molar-refractivity contribution in [1.82, 2.24) is 24.5 Å². The Bertz CT molecular complexity index is 1220. The first-order chi connectivity index (χ1) is 13.7. The maximum atomic E-state index is 4.71. The van der Waals surface area contributed by atoms with Crippen LogP contribution in [0.3, 0.4) is 0 Å². The van der Waals surface area contributed by atoms with E-state index in [0.29, 0.717) is 0 Å². The second-order valence-corrected chi connectivity index (χ2v) is 6.95. The van der Waals surface area contributed by atoms with Gasteiger partial charge in [0.25, 0.3) is 0 Å². The molecule has 0 bridgehead atoms. The van der Waals surface area contributed by atoms with Crippen molar-refractivity contribution in [3.63, 3.8) is 0 Å². The van der Waals surface area contributed by atoms with E-state index in [1.54, 1.807) is 11.0 Å². The van der Waals surface area contributed by atoms with Gasteiger partial charge in [-0.1, -0.05) is 42.5 Å². The molecule has 2 aromatic carbocycles. The highest BCUT2D eigenvalue weighted by atomic mass is 15.6. The monoisotopic (exact) mass is 365 g/mol. The van der Waals surface area contributed by atoms with Gasteiger partial charge in [0.15, 0.2) is 5.82 Å². The van der Waals surface area contributed by atoms with Crippen LogP contribution >= 0.6 is 0 Å². The Kier molecular flexibility index (Phi) is 3.79. The Morgan fingerprint density at radius 2 is 1.46 bits per heavy atom. The lowest BCUT2D eigenvalue weighted by Gasteiger charge is -2.06. The summed E-state index contributed by atoms with van der Waals surface area (Å²) in [5.74, 6) is 0.736. The van der Waals surface area contributed by atoms with E-state index in [1.807, 2.05) is 35.4 Å². The zero-order valence-corrected chi connectivity index (χ0v) is 15.7. The van der Waals surface area contributed by atoms with Gasteiger partial charge in [-0.2, -0.15) is 9.89 Å². The van der Waals surface area contributed by atoms with E-state index in [9.17, 15) is 0 Å². The maximum absolute atomic E-state index is 4.71. The Balaban J connectivity index is 1.48. The minimum absolute atomic E-state index is 0.736. The summed E-state index contributed by atoms with van der Waals surface area (Å²) in [5, 5.41) is 4.24. The van der Waals surface area contributed by atoms with Gasteiger partial charge in [-0.15, -0.1) is 0 Å². The number of hydrogen-bond acceptors (Lipinski definition) is 3. The quantitative estimate of drug-likeness (QED) is 0.460. The van der Waals surface area contributed by atoms with E-state index in [4.69, 9.17) is 4.98 Å². The number of rotatable bonds is 3. The van der Waals surface area contributed by atoms with Crippen molar-refractivity contribution in [2.75, 3.05) is 0 Å². The van der Waals surface area contributed by atoms with Crippen LogP contribution in [0.15, 0.2) is 79.4 Å². The third-order valence-electron chi connectivity index (χ3n) is 5.07. The lowest BCUT2D eigenvalue weighted by molar-refractivity contribution is 0.570. The van der Waals surface area contributed by atoms with Gasteiger partial charge in [0.1, 0.15) is 5.69 Å². The van der Waals surface area contributed by atoms with Crippen molar-refractivity contribution in [1.29, 1.82) is 0 Å². The van der Waals surface area contributed by atoms with E-state index in [0.717, 1.165) is 22.8 Å². The standard InChI is InChI=1S/C23H19N5/c1-16-4-5-20(14-17(16)2)18-6-8-19(9-7-18)23-25-21-10-13-27(15-22(21)26-23)28-12-3-11-24-28/h3-15H,1-2H3. The van der Waals surface area contributed by atoms with Gasteiger partial charge in [0.2, 0.25) is 0 Å². The molecule has 0 saturated carbocycles.